The van der Waals surface area contributed by atoms with Crippen molar-refractivity contribution in [2.45, 2.75) is 45.1 Å². The summed E-state index contributed by atoms with van der Waals surface area (Å²) in [5.41, 5.74) is -0.234. The number of ether oxygens (including phenoxy) is 1. The van der Waals surface area contributed by atoms with Crippen molar-refractivity contribution in [1.82, 2.24) is 14.3 Å². The lowest BCUT2D eigenvalue weighted by atomic mass is 9.90. The van der Waals surface area contributed by atoms with Crippen molar-refractivity contribution in [2.24, 2.45) is 11.8 Å². The van der Waals surface area contributed by atoms with Crippen molar-refractivity contribution >= 4 is 22.6 Å². The number of aryl methyl sites for hydroxylation is 1. The molecule has 6 nitrogen and oxygen atoms in total. The molecule has 1 spiro atoms. The van der Waals surface area contributed by atoms with Crippen LogP contribution < -0.4 is 4.90 Å². The molecular formula is C17H26N4O2S. The summed E-state index contributed by atoms with van der Waals surface area (Å²) in [6, 6.07) is 0. The van der Waals surface area contributed by atoms with Gasteiger partial charge in [-0.1, -0.05) is 13.3 Å². The minimum Gasteiger partial charge on any atom is -0.369 e. The molecule has 1 amide bonds. The number of aromatic nitrogens is 2. The highest BCUT2D eigenvalue weighted by Gasteiger charge is 2.48. The fourth-order valence-electron chi connectivity index (χ4n) is 4.19. The van der Waals surface area contributed by atoms with Crippen LogP contribution in [0.3, 0.4) is 0 Å². The van der Waals surface area contributed by atoms with Crippen LogP contribution in [0.1, 0.15) is 38.4 Å². The molecular weight excluding hydrogens is 324 g/mol. The van der Waals surface area contributed by atoms with Crippen LogP contribution in [-0.4, -0.2) is 58.6 Å². The van der Waals surface area contributed by atoms with E-state index in [2.05, 4.69) is 26.1 Å². The molecule has 0 bridgehead atoms. The van der Waals surface area contributed by atoms with Gasteiger partial charge in [0, 0.05) is 30.5 Å². The Hall–Kier alpha value is -1.21. The number of piperidine rings is 1. The first kappa shape index (κ1) is 16.3. The third-order valence-corrected chi connectivity index (χ3v) is 6.52. The van der Waals surface area contributed by atoms with Gasteiger partial charge in [-0.25, -0.2) is 4.98 Å². The Labute approximate surface area is 147 Å². The molecule has 1 aliphatic carbocycles. The second-order valence-electron chi connectivity index (χ2n) is 7.45. The van der Waals surface area contributed by atoms with Crippen LogP contribution in [0, 0.1) is 18.8 Å². The van der Waals surface area contributed by atoms with Crippen LogP contribution >= 0.6 is 11.5 Å². The fourth-order valence-corrected chi connectivity index (χ4v) is 4.89. The molecule has 1 aromatic rings. The summed E-state index contributed by atoms with van der Waals surface area (Å²) in [7, 11) is 0. The fraction of sp³-hybridized carbons (Fsp3) is 0.824. The summed E-state index contributed by atoms with van der Waals surface area (Å²) in [6.07, 6.45) is 4.25. The Morgan fingerprint density at radius 1 is 1.42 bits per heavy atom. The summed E-state index contributed by atoms with van der Waals surface area (Å²) >= 11 is 1.46. The molecule has 1 saturated carbocycles. The molecule has 2 aliphatic heterocycles. The summed E-state index contributed by atoms with van der Waals surface area (Å²) in [5, 5.41) is 0.979. The molecule has 4 rings (SSSR count). The van der Waals surface area contributed by atoms with Crippen LogP contribution in [0.15, 0.2) is 0 Å². The number of likely N-dealkylation sites (tertiary alicyclic amines) is 1. The summed E-state index contributed by atoms with van der Waals surface area (Å²) < 4.78 is 10.5. The maximum absolute atomic E-state index is 12.7. The molecule has 7 heteroatoms. The number of hydrogen-bond donors (Lipinski definition) is 0. The Morgan fingerprint density at radius 3 is 3.00 bits per heavy atom. The van der Waals surface area contributed by atoms with E-state index in [1.165, 1.54) is 11.5 Å². The van der Waals surface area contributed by atoms with E-state index in [9.17, 15) is 4.79 Å². The van der Waals surface area contributed by atoms with Gasteiger partial charge in [-0.05, 0) is 32.1 Å². The average molecular weight is 350 g/mol. The van der Waals surface area contributed by atoms with E-state index in [1.54, 1.807) is 0 Å². The zero-order valence-electron chi connectivity index (χ0n) is 14.5. The molecule has 0 radical (unpaired) electrons. The monoisotopic (exact) mass is 350 g/mol. The number of hydrogen-bond acceptors (Lipinski definition) is 6. The number of anilines is 1. The molecule has 3 unspecified atom stereocenters. The van der Waals surface area contributed by atoms with Gasteiger partial charge in [0.25, 0.3) is 0 Å². The van der Waals surface area contributed by atoms with Gasteiger partial charge >= 0.3 is 0 Å². The molecule has 3 atom stereocenters. The van der Waals surface area contributed by atoms with E-state index in [0.29, 0.717) is 18.4 Å². The van der Waals surface area contributed by atoms with E-state index in [4.69, 9.17) is 4.74 Å². The summed E-state index contributed by atoms with van der Waals surface area (Å²) in [5.74, 6) is 2.07. The Balaban J connectivity index is 1.45. The number of carbonyl (C=O) groups is 1. The molecule has 1 aromatic heterocycles. The first-order chi connectivity index (χ1) is 11.6. The second kappa shape index (κ2) is 6.26. The van der Waals surface area contributed by atoms with Crippen LogP contribution in [-0.2, 0) is 9.53 Å². The average Bonchev–Trinajstić information content (AvgIpc) is 3.26. The van der Waals surface area contributed by atoms with Gasteiger partial charge in [0.05, 0.1) is 19.7 Å². The lowest BCUT2D eigenvalue weighted by Crippen LogP contribution is -2.61. The highest BCUT2D eigenvalue weighted by molar-refractivity contribution is 7.09. The maximum Gasteiger partial charge on any atom is 0.226 e. The van der Waals surface area contributed by atoms with Crippen molar-refractivity contribution in [1.29, 1.82) is 0 Å². The molecule has 24 heavy (non-hydrogen) atoms. The predicted molar refractivity (Wildman–Crippen MR) is 93.2 cm³/mol. The Bertz CT molecular complexity index is 617. The molecule has 3 aliphatic rings. The number of amides is 1. The topological polar surface area (TPSA) is 58.6 Å². The van der Waals surface area contributed by atoms with Crippen LogP contribution in [0.2, 0.25) is 0 Å². The van der Waals surface area contributed by atoms with E-state index in [0.717, 1.165) is 62.8 Å². The highest BCUT2D eigenvalue weighted by Crippen LogP contribution is 2.43. The zero-order valence-corrected chi connectivity index (χ0v) is 15.3. The predicted octanol–water partition coefficient (Wildman–Crippen LogP) is 2.09. The zero-order chi connectivity index (χ0) is 16.7. The highest BCUT2D eigenvalue weighted by atomic mass is 32.1. The smallest absolute Gasteiger partial charge is 0.226 e. The van der Waals surface area contributed by atoms with Crippen molar-refractivity contribution in [3.63, 3.8) is 0 Å². The first-order valence-corrected chi connectivity index (χ1v) is 9.85. The van der Waals surface area contributed by atoms with Crippen LogP contribution in [0.5, 0.6) is 0 Å². The quantitative estimate of drug-likeness (QED) is 0.835. The standard InChI is InChI=1S/C17H26N4O2S/c1-3-13-9-14(13)15(22)20-6-4-5-17(10-20)11-21(7-8-23-17)16-18-12(2)19-24-16/h13-14H,3-11H2,1-2H3. The van der Waals surface area contributed by atoms with Crippen LogP contribution in [0.25, 0.3) is 0 Å². The third kappa shape index (κ3) is 3.04. The van der Waals surface area contributed by atoms with E-state index >= 15 is 0 Å². The number of nitrogens with zero attached hydrogens (tertiary/aromatic N) is 4. The number of rotatable bonds is 3. The van der Waals surface area contributed by atoms with Gasteiger partial charge < -0.3 is 14.5 Å². The SMILES string of the molecule is CCC1CC1C(=O)N1CCCC2(C1)CN(c1nc(C)ns1)CCO2. The van der Waals surface area contributed by atoms with Crippen molar-refractivity contribution in [3.8, 4) is 0 Å². The summed E-state index contributed by atoms with van der Waals surface area (Å²) in [4.78, 5) is 21.6. The normalized spacial score (nSPS) is 33.1. The lowest BCUT2D eigenvalue weighted by Gasteiger charge is -2.48. The van der Waals surface area contributed by atoms with Crippen molar-refractivity contribution < 1.29 is 9.53 Å². The number of carbonyl (C=O) groups excluding carboxylic acids is 1. The molecule has 3 fully saturated rings. The molecule has 0 N–H and O–H groups in total. The van der Waals surface area contributed by atoms with Gasteiger partial charge in [0.1, 0.15) is 11.4 Å². The second-order valence-corrected chi connectivity index (χ2v) is 8.18. The van der Waals surface area contributed by atoms with Crippen LogP contribution in [0.4, 0.5) is 5.13 Å². The third-order valence-electron chi connectivity index (χ3n) is 5.65. The Morgan fingerprint density at radius 2 is 2.29 bits per heavy atom. The van der Waals surface area contributed by atoms with Gasteiger partial charge in [-0.2, -0.15) is 4.37 Å². The van der Waals surface area contributed by atoms with Crippen molar-refractivity contribution in [2.75, 3.05) is 37.7 Å². The molecule has 0 aromatic carbocycles. The van der Waals surface area contributed by atoms with Gasteiger partial charge in [-0.15, -0.1) is 0 Å². The first-order valence-electron chi connectivity index (χ1n) is 9.08. The maximum atomic E-state index is 12.7. The van der Waals surface area contributed by atoms with E-state index in [-0.39, 0.29) is 11.5 Å². The van der Waals surface area contributed by atoms with Gasteiger partial charge in [0.2, 0.25) is 11.0 Å². The van der Waals surface area contributed by atoms with Gasteiger partial charge in [-0.3, -0.25) is 4.79 Å². The van der Waals surface area contributed by atoms with Gasteiger partial charge in [0.15, 0.2) is 0 Å². The minimum atomic E-state index is -0.234. The lowest BCUT2D eigenvalue weighted by molar-refractivity contribution is -0.146. The van der Waals surface area contributed by atoms with Crippen molar-refractivity contribution in [3.05, 3.63) is 5.82 Å². The van der Waals surface area contributed by atoms with E-state index in [1.807, 2.05) is 6.92 Å². The summed E-state index contributed by atoms with van der Waals surface area (Å²) in [6.45, 7) is 8.08. The molecule has 3 heterocycles. The largest absolute Gasteiger partial charge is 0.369 e. The Kier molecular flexibility index (Phi) is 4.24. The minimum absolute atomic E-state index is 0.234. The molecule has 132 valence electrons. The molecule has 2 saturated heterocycles. The number of morpholine rings is 1. The van der Waals surface area contributed by atoms with E-state index < -0.39 is 0 Å².